The lowest BCUT2D eigenvalue weighted by Crippen LogP contribution is -2.20. The minimum Gasteiger partial charge on any atom is -0.373 e. The zero-order valence-corrected chi connectivity index (χ0v) is 13.5. The van der Waals surface area contributed by atoms with Crippen LogP contribution in [0.4, 0.5) is 11.6 Å². The van der Waals surface area contributed by atoms with Gasteiger partial charge in [0.15, 0.2) is 0 Å². The molecule has 2 rings (SSSR count). The van der Waals surface area contributed by atoms with Gasteiger partial charge in [-0.25, -0.2) is 9.97 Å². The molecule has 0 fully saturated rings. The number of halogens is 1. The molecular weight excluding hydrogens is 284 g/mol. The highest BCUT2D eigenvalue weighted by Gasteiger charge is 2.14. The van der Waals surface area contributed by atoms with Gasteiger partial charge in [0.25, 0.3) is 0 Å². The van der Waals surface area contributed by atoms with Crippen molar-refractivity contribution in [3.63, 3.8) is 0 Å². The molecule has 5 heteroatoms. The molecule has 0 radical (unpaired) electrons. The van der Waals surface area contributed by atoms with Crippen LogP contribution in [0.25, 0.3) is 0 Å². The summed E-state index contributed by atoms with van der Waals surface area (Å²) in [5.41, 5.74) is 2.24. The fourth-order valence-corrected chi connectivity index (χ4v) is 2.58. The lowest BCUT2D eigenvalue weighted by atomic mass is 10.1. The van der Waals surface area contributed by atoms with Crippen molar-refractivity contribution in [3.05, 3.63) is 46.7 Å². The van der Waals surface area contributed by atoms with Gasteiger partial charge in [-0.15, -0.1) is 0 Å². The van der Waals surface area contributed by atoms with Crippen molar-refractivity contribution < 1.29 is 0 Å². The molecule has 0 aliphatic carbocycles. The normalized spacial score (nSPS) is 10.5. The Morgan fingerprint density at radius 1 is 1.24 bits per heavy atom. The highest BCUT2D eigenvalue weighted by atomic mass is 35.5. The minimum atomic E-state index is 0.719. The SMILES string of the molecule is CCCc1c(NC)ncnc1N(C)Cc1ccccc1Cl. The second kappa shape index (κ2) is 7.27. The van der Waals surface area contributed by atoms with E-state index in [9.17, 15) is 0 Å². The van der Waals surface area contributed by atoms with Crippen LogP contribution in [0.2, 0.25) is 5.02 Å². The van der Waals surface area contributed by atoms with Gasteiger partial charge in [-0.2, -0.15) is 0 Å². The summed E-state index contributed by atoms with van der Waals surface area (Å²) < 4.78 is 0. The number of benzene rings is 1. The average molecular weight is 305 g/mol. The predicted molar refractivity (Wildman–Crippen MR) is 89.1 cm³/mol. The van der Waals surface area contributed by atoms with Crippen LogP contribution in [0, 0.1) is 0 Å². The standard InChI is InChI=1S/C16H21ClN4/c1-4-7-13-15(18-2)19-11-20-16(13)21(3)10-12-8-5-6-9-14(12)17/h5-6,8-9,11H,4,7,10H2,1-3H3,(H,18,19,20). The molecule has 0 saturated carbocycles. The van der Waals surface area contributed by atoms with E-state index < -0.39 is 0 Å². The smallest absolute Gasteiger partial charge is 0.137 e. The maximum Gasteiger partial charge on any atom is 0.137 e. The summed E-state index contributed by atoms with van der Waals surface area (Å²) >= 11 is 6.24. The number of aromatic nitrogens is 2. The third kappa shape index (κ3) is 3.64. The van der Waals surface area contributed by atoms with Gasteiger partial charge in [0.05, 0.1) is 0 Å². The van der Waals surface area contributed by atoms with E-state index in [0.29, 0.717) is 0 Å². The van der Waals surface area contributed by atoms with Crippen LogP contribution in [-0.4, -0.2) is 24.1 Å². The third-order valence-corrected chi connectivity index (χ3v) is 3.76. The van der Waals surface area contributed by atoms with Crippen molar-refractivity contribution >= 4 is 23.2 Å². The van der Waals surface area contributed by atoms with Crippen LogP contribution in [-0.2, 0) is 13.0 Å². The molecule has 2 aromatic rings. The zero-order chi connectivity index (χ0) is 15.2. The van der Waals surface area contributed by atoms with E-state index in [-0.39, 0.29) is 0 Å². The summed E-state index contributed by atoms with van der Waals surface area (Å²) in [5.74, 6) is 1.85. The molecule has 0 unspecified atom stereocenters. The van der Waals surface area contributed by atoms with Crippen molar-refractivity contribution in [3.8, 4) is 0 Å². The monoisotopic (exact) mass is 304 g/mol. The van der Waals surface area contributed by atoms with Crippen molar-refractivity contribution in [2.45, 2.75) is 26.3 Å². The average Bonchev–Trinajstić information content (AvgIpc) is 2.50. The highest BCUT2D eigenvalue weighted by molar-refractivity contribution is 6.31. The number of hydrogen-bond acceptors (Lipinski definition) is 4. The quantitative estimate of drug-likeness (QED) is 0.882. The Morgan fingerprint density at radius 3 is 2.67 bits per heavy atom. The molecule has 1 heterocycles. The van der Waals surface area contributed by atoms with E-state index in [1.165, 1.54) is 0 Å². The van der Waals surface area contributed by atoms with Crippen LogP contribution < -0.4 is 10.2 Å². The fraction of sp³-hybridized carbons (Fsp3) is 0.375. The van der Waals surface area contributed by atoms with Gasteiger partial charge in [-0.3, -0.25) is 0 Å². The zero-order valence-electron chi connectivity index (χ0n) is 12.7. The second-order valence-corrected chi connectivity index (χ2v) is 5.38. The van der Waals surface area contributed by atoms with Gasteiger partial charge in [0, 0.05) is 31.2 Å². The van der Waals surface area contributed by atoms with E-state index in [1.54, 1.807) is 6.33 Å². The maximum atomic E-state index is 6.24. The van der Waals surface area contributed by atoms with Crippen LogP contribution in [0.1, 0.15) is 24.5 Å². The molecule has 0 amide bonds. The first-order chi connectivity index (χ1) is 10.2. The van der Waals surface area contributed by atoms with E-state index in [1.807, 2.05) is 38.4 Å². The Balaban J connectivity index is 2.30. The fourth-order valence-electron chi connectivity index (χ4n) is 2.38. The molecule has 0 saturated heterocycles. The number of rotatable bonds is 6. The largest absolute Gasteiger partial charge is 0.373 e. The summed E-state index contributed by atoms with van der Waals surface area (Å²) in [4.78, 5) is 10.9. The Kier molecular flexibility index (Phi) is 5.39. The minimum absolute atomic E-state index is 0.719. The first-order valence-electron chi connectivity index (χ1n) is 7.13. The number of hydrogen-bond donors (Lipinski definition) is 1. The van der Waals surface area contributed by atoms with Gasteiger partial charge in [0.1, 0.15) is 18.0 Å². The topological polar surface area (TPSA) is 41.1 Å². The molecule has 1 N–H and O–H groups in total. The molecule has 0 aliphatic rings. The summed E-state index contributed by atoms with van der Waals surface area (Å²) in [5, 5.41) is 3.93. The lowest BCUT2D eigenvalue weighted by molar-refractivity contribution is 0.844. The van der Waals surface area contributed by atoms with Crippen molar-refractivity contribution in [1.82, 2.24) is 9.97 Å². The molecule has 0 bridgehead atoms. The Bertz CT molecular complexity index is 601. The molecule has 0 spiro atoms. The van der Waals surface area contributed by atoms with E-state index in [4.69, 9.17) is 11.6 Å². The van der Waals surface area contributed by atoms with Gasteiger partial charge < -0.3 is 10.2 Å². The van der Waals surface area contributed by atoms with E-state index >= 15 is 0 Å². The van der Waals surface area contributed by atoms with Crippen LogP contribution in [0.3, 0.4) is 0 Å². The first-order valence-corrected chi connectivity index (χ1v) is 7.51. The van der Waals surface area contributed by atoms with Crippen molar-refractivity contribution in [2.24, 2.45) is 0 Å². The number of anilines is 2. The van der Waals surface area contributed by atoms with Crippen molar-refractivity contribution in [2.75, 3.05) is 24.3 Å². The predicted octanol–water partition coefficient (Wildman–Crippen LogP) is 3.76. The number of nitrogens with one attached hydrogen (secondary N) is 1. The van der Waals surface area contributed by atoms with Gasteiger partial charge >= 0.3 is 0 Å². The molecule has 0 aliphatic heterocycles. The first kappa shape index (κ1) is 15.6. The Labute approximate surface area is 131 Å². The van der Waals surface area contributed by atoms with Gasteiger partial charge in [-0.1, -0.05) is 43.1 Å². The van der Waals surface area contributed by atoms with E-state index in [0.717, 1.165) is 47.2 Å². The Morgan fingerprint density at radius 2 is 2.00 bits per heavy atom. The van der Waals surface area contributed by atoms with Crippen LogP contribution >= 0.6 is 11.6 Å². The summed E-state index contributed by atoms with van der Waals surface area (Å²) in [6, 6.07) is 7.90. The molecule has 1 aromatic carbocycles. The van der Waals surface area contributed by atoms with Crippen molar-refractivity contribution in [1.29, 1.82) is 0 Å². The summed E-state index contributed by atoms with van der Waals surface area (Å²) in [7, 11) is 3.92. The highest BCUT2D eigenvalue weighted by Crippen LogP contribution is 2.26. The van der Waals surface area contributed by atoms with Crippen LogP contribution in [0.15, 0.2) is 30.6 Å². The molecule has 4 nitrogen and oxygen atoms in total. The number of nitrogens with zero attached hydrogens (tertiary/aromatic N) is 3. The lowest BCUT2D eigenvalue weighted by Gasteiger charge is -2.22. The molecule has 21 heavy (non-hydrogen) atoms. The molecule has 0 atom stereocenters. The molecule has 112 valence electrons. The maximum absolute atomic E-state index is 6.24. The summed E-state index contributed by atoms with van der Waals surface area (Å²) in [6.45, 7) is 2.88. The second-order valence-electron chi connectivity index (χ2n) is 4.97. The molecular formula is C16H21ClN4. The Hall–Kier alpha value is -1.81. The van der Waals surface area contributed by atoms with Gasteiger partial charge in [-0.05, 0) is 18.1 Å². The van der Waals surface area contributed by atoms with Crippen LogP contribution in [0.5, 0.6) is 0 Å². The molecule has 1 aromatic heterocycles. The van der Waals surface area contributed by atoms with E-state index in [2.05, 4.69) is 27.1 Å². The third-order valence-electron chi connectivity index (χ3n) is 3.39. The van der Waals surface area contributed by atoms with Gasteiger partial charge in [0.2, 0.25) is 0 Å². The summed E-state index contributed by atoms with van der Waals surface area (Å²) in [6.07, 6.45) is 3.59.